The fraction of sp³-hybridized carbons (Fsp3) is 0.294. The molecule has 0 aromatic heterocycles. The van der Waals surface area contributed by atoms with Gasteiger partial charge in [-0.25, -0.2) is 0 Å². The van der Waals surface area contributed by atoms with Crippen LogP contribution in [0.25, 0.3) is 0 Å². The average Bonchev–Trinajstić information content (AvgIpc) is 2.55. The summed E-state index contributed by atoms with van der Waals surface area (Å²) in [4.78, 5) is 20.9. The zero-order chi connectivity index (χ0) is 16.0. The van der Waals surface area contributed by atoms with E-state index < -0.39 is 14.2 Å². The van der Waals surface area contributed by atoms with Crippen LogP contribution >= 0.6 is 8.09 Å². The number of nitrogens with zero attached hydrogens (tertiary/aromatic N) is 1. The summed E-state index contributed by atoms with van der Waals surface area (Å²) < 4.78 is 7.36. The molecule has 4 nitrogen and oxygen atoms in total. The van der Waals surface area contributed by atoms with Gasteiger partial charge in [-0.3, -0.25) is 0 Å². The molecule has 2 N–H and O–H groups in total. The van der Waals surface area contributed by atoms with Gasteiger partial charge in [-0.05, 0) is 25.0 Å². The number of hydrogen-bond donors (Lipinski definition) is 2. The second kappa shape index (κ2) is 7.82. The molecule has 118 valence electrons. The summed E-state index contributed by atoms with van der Waals surface area (Å²) >= 11 is 0. The first-order chi connectivity index (χ1) is 10.6. The molecule has 2 aromatic rings. The molecule has 0 atom stereocenters. The lowest BCUT2D eigenvalue weighted by Gasteiger charge is -2.25. The lowest BCUT2D eigenvalue weighted by atomic mass is 10.0. The van der Waals surface area contributed by atoms with E-state index in [9.17, 15) is 9.79 Å². The lowest BCUT2D eigenvalue weighted by Crippen LogP contribution is -2.26. The van der Waals surface area contributed by atoms with Gasteiger partial charge in [0.2, 0.25) is 0 Å². The number of rotatable bonds is 7. The van der Waals surface area contributed by atoms with Crippen molar-refractivity contribution in [2.24, 2.45) is 0 Å². The Balaban J connectivity index is 2.34. The van der Waals surface area contributed by atoms with E-state index in [-0.39, 0.29) is 0 Å². The minimum absolute atomic E-state index is 0.508. The summed E-state index contributed by atoms with van der Waals surface area (Å²) in [6, 6.07) is 19.2. The standard InChI is InChI=1S/C17H23NO3P/c1-3-18(4-2)22(19,20)21-17(15-11-7-5-8-12-15)16-13-9-6-10-14-16/h5-14,17,19-20H,3-4H2,1-2H3/q+1. The van der Waals surface area contributed by atoms with Crippen molar-refractivity contribution in [2.45, 2.75) is 20.0 Å². The average molecular weight is 320 g/mol. The van der Waals surface area contributed by atoms with Crippen LogP contribution in [0.15, 0.2) is 60.7 Å². The molecule has 0 aliphatic rings. The smallest absolute Gasteiger partial charge is 0.177 e. The quantitative estimate of drug-likeness (QED) is 0.762. The summed E-state index contributed by atoms with van der Waals surface area (Å²) in [5.41, 5.74) is 1.79. The Bertz CT molecular complexity index is 519. The van der Waals surface area contributed by atoms with Gasteiger partial charge in [-0.2, -0.15) is 14.3 Å². The van der Waals surface area contributed by atoms with E-state index >= 15 is 0 Å². The van der Waals surface area contributed by atoms with Crippen molar-refractivity contribution in [3.63, 3.8) is 0 Å². The molecular formula is C17H23NO3P+. The molecule has 2 rings (SSSR count). The molecule has 2 aromatic carbocycles. The van der Waals surface area contributed by atoms with Crippen LogP contribution in [0.3, 0.4) is 0 Å². The molecule has 5 heteroatoms. The molecule has 0 spiro atoms. The van der Waals surface area contributed by atoms with Crippen LogP contribution in [-0.2, 0) is 4.52 Å². The molecule has 0 bridgehead atoms. The highest BCUT2D eigenvalue weighted by atomic mass is 31.2. The van der Waals surface area contributed by atoms with Crippen LogP contribution in [0.4, 0.5) is 0 Å². The Labute approximate surface area is 132 Å². The molecule has 0 unspecified atom stereocenters. The second-order valence-corrected chi connectivity index (χ2v) is 6.76. The van der Waals surface area contributed by atoms with Crippen molar-refractivity contribution in [1.82, 2.24) is 4.67 Å². The third-order valence-corrected chi connectivity index (χ3v) is 5.35. The highest BCUT2D eigenvalue weighted by Crippen LogP contribution is 2.58. The van der Waals surface area contributed by atoms with E-state index in [4.69, 9.17) is 4.52 Å². The van der Waals surface area contributed by atoms with Crippen molar-refractivity contribution in [2.75, 3.05) is 13.1 Å². The van der Waals surface area contributed by atoms with Gasteiger partial charge in [0, 0.05) is 13.1 Å². The van der Waals surface area contributed by atoms with E-state index in [1.54, 1.807) is 4.67 Å². The Morgan fingerprint density at radius 3 is 1.64 bits per heavy atom. The van der Waals surface area contributed by atoms with E-state index in [2.05, 4.69) is 0 Å². The van der Waals surface area contributed by atoms with Crippen LogP contribution < -0.4 is 0 Å². The predicted molar refractivity (Wildman–Crippen MR) is 90.1 cm³/mol. The van der Waals surface area contributed by atoms with Gasteiger partial charge in [0.1, 0.15) is 0 Å². The SMILES string of the molecule is CCN(CC)[P+](O)(O)OC(c1ccccc1)c1ccccc1. The Morgan fingerprint density at radius 2 is 1.27 bits per heavy atom. The summed E-state index contributed by atoms with van der Waals surface area (Å²) in [7, 11) is -3.61. The van der Waals surface area contributed by atoms with Crippen molar-refractivity contribution in [3.05, 3.63) is 71.8 Å². The fourth-order valence-corrected chi connectivity index (χ4v) is 3.77. The van der Waals surface area contributed by atoms with E-state index in [1.165, 1.54) is 0 Å². The molecule has 0 saturated carbocycles. The first-order valence-electron chi connectivity index (χ1n) is 7.46. The first-order valence-corrected chi connectivity index (χ1v) is 9.03. The van der Waals surface area contributed by atoms with E-state index in [1.807, 2.05) is 74.5 Å². The van der Waals surface area contributed by atoms with Crippen LogP contribution in [0.2, 0.25) is 0 Å². The van der Waals surface area contributed by atoms with Gasteiger partial charge in [0.25, 0.3) is 0 Å². The molecule has 0 radical (unpaired) electrons. The Kier molecular flexibility index (Phi) is 6.07. The summed E-state index contributed by atoms with van der Waals surface area (Å²) in [5, 5.41) is 0. The van der Waals surface area contributed by atoms with Crippen molar-refractivity contribution < 1.29 is 14.3 Å². The largest absolute Gasteiger partial charge is 0.500 e. The van der Waals surface area contributed by atoms with Gasteiger partial charge in [-0.1, -0.05) is 60.7 Å². The highest BCUT2D eigenvalue weighted by Gasteiger charge is 2.46. The zero-order valence-electron chi connectivity index (χ0n) is 13.0. The van der Waals surface area contributed by atoms with Gasteiger partial charge < -0.3 is 0 Å². The maximum Gasteiger partial charge on any atom is 0.500 e. The molecule has 0 heterocycles. The third-order valence-electron chi connectivity index (χ3n) is 3.55. The van der Waals surface area contributed by atoms with Crippen LogP contribution in [0.5, 0.6) is 0 Å². The molecule has 0 aliphatic heterocycles. The lowest BCUT2D eigenvalue weighted by molar-refractivity contribution is 0.137. The van der Waals surface area contributed by atoms with E-state index in [0.29, 0.717) is 13.1 Å². The summed E-state index contributed by atoms with van der Waals surface area (Å²) in [6.45, 7) is 4.81. The van der Waals surface area contributed by atoms with Crippen molar-refractivity contribution >= 4 is 8.09 Å². The zero-order valence-corrected chi connectivity index (χ0v) is 13.9. The maximum atomic E-state index is 10.4. The first kappa shape index (κ1) is 17.1. The highest BCUT2D eigenvalue weighted by molar-refractivity contribution is 7.57. The van der Waals surface area contributed by atoms with Gasteiger partial charge in [0.15, 0.2) is 6.10 Å². The molecule has 0 amide bonds. The minimum Gasteiger partial charge on any atom is -0.177 e. The topological polar surface area (TPSA) is 52.9 Å². The number of benzene rings is 2. The van der Waals surface area contributed by atoms with Gasteiger partial charge in [-0.15, -0.1) is 4.67 Å². The Hall–Kier alpha value is -1.29. The normalized spacial score (nSPS) is 12.1. The fourth-order valence-electron chi connectivity index (χ4n) is 2.37. The van der Waals surface area contributed by atoms with Gasteiger partial charge >= 0.3 is 8.09 Å². The molecule has 22 heavy (non-hydrogen) atoms. The molecule has 0 saturated heterocycles. The summed E-state index contributed by atoms with van der Waals surface area (Å²) in [5.74, 6) is 0. The van der Waals surface area contributed by atoms with Gasteiger partial charge in [0.05, 0.1) is 0 Å². The van der Waals surface area contributed by atoms with E-state index in [0.717, 1.165) is 11.1 Å². The number of hydrogen-bond acceptors (Lipinski definition) is 4. The van der Waals surface area contributed by atoms with Crippen LogP contribution in [-0.4, -0.2) is 27.5 Å². The minimum atomic E-state index is -3.61. The molecule has 0 fully saturated rings. The third kappa shape index (κ3) is 4.13. The summed E-state index contributed by atoms with van der Waals surface area (Å²) in [6.07, 6.45) is -0.508. The van der Waals surface area contributed by atoms with Crippen LogP contribution in [0.1, 0.15) is 31.1 Å². The monoisotopic (exact) mass is 320 g/mol. The second-order valence-electron chi connectivity index (χ2n) is 4.96. The maximum absolute atomic E-state index is 10.4. The Morgan fingerprint density at radius 1 is 0.864 bits per heavy atom. The predicted octanol–water partition coefficient (Wildman–Crippen LogP) is 3.80. The van der Waals surface area contributed by atoms with Crippen molar-refractivity contribution in [3.8, 4) is 0 Å². The molecular weight excluding hydrogens is 297 g/mol. The van der Waals surface area contributed by atoms with Crippen LogP contribution in [0, 0.1) is 0 Å². The van der Waals surface area contributed by atoms with Crippen molar-refractivity contribution in [1.29, 1.82) is 0 Å². The molecule has 0 aliphatic carbocycles.